The number of aryl methyl sites for hydroxylation is 1. The Labute approximate surface area is 119 Å². The molecule has 0 fully saturated rings. The molecule has 0 amide bonds. The van der Waals surface area contributed by atoms with E-state index in [1.165, 1.54) is 0 Å². The van der Waals surface area contributed by atoms with Gasteiger partial charge in [-0.05, 0) is 42.3 Å². The molecule has 0 aliphatic heterocycles. The molecule has 0 aromatic heterocycles. The molecule has 0 bridgehead atoms. The Morgan fingerprint density at radius 1 is 1.05 bits per heavy atom. The predicted octanol–water partition coefficient (Wildman–Crippen LogP) is 3.53. The molecule has 0 radical (unpaired) electrons. The SMILES string of the molecule is CCc1ccccc1C(=O)Oc1ccc(N(C)C)cc1. The quantitative estimate of drug-likeness (QED) is 0.628. The summed E-state index contributed by atoms with van der Waals surface area (Å²) in [4.78, 5) is 14.2. The van der Waals surface area contributed by atoms with Gasteiger partial charge in [-0.25, -0.2) is 4.79 Å². The molecule has 0 unspecified atom stereocenters. The number of rotatable bonds is 4. The molecule has 2 aromatic carbocycles. The van der Waals surface area contributed by atoms with Crippen molar-refractivity contribution in [3.63, 3.8) is 0 Å². The van der Waals surface area contributed by atoms with E-state index in [-0.39, 0.29) is 5.97 Å². The lowest BCUT2D eigenvalue weighted by molar-refractivity contribution is 0.0733. The average molecular weight is 269 g/mol. The highest BCUT2D eigenvalue weighted by Gasteiger charge is 2.12. The van der Waals surface area contributed by atoms with Gasteiger partial charge in [-0.3, -0.25) is 0 Å². The first-order chi connectivity index (χ1) is 9.61. The van der Waals surface area contributed by atoms with E-state index in [2.05, 4.69) is 0 Å². The van der Waals surface area contributed by atoms with Crippen LogP contribution < -0.4 is 9.64 Å². The Morgan fingerprint density at radius 3 is 2.30 bits per heavy atom. The Kier molecular flexibility index (Phi) is 4.41. The van der Waals surface area contributed by atoms with Gasteiger partial charge < -0.3 is 9.64 Å². The van der Waals surface area contributed by atoms with Crippen molar-refractivity contribution in [2.45, 2.75) is 13.3 Å². The predicted molar refractivity (Wildman–Crippen MR) is 81.5 cm³/mol. The van der Waals surface area contributed by atoms with Crippen molar-refractivity contribution in [1.29, 1.82) is 0 Å². The maximum absolute atomic E-state index is 12.2. The molecule has 0 saturated heterocycles. The Bertz CT molecular complexity index is 588. The van der Waals surface area contributed by atoms with Crippen molar-refractivity contribution in [3.8, 4) is 5.75 Å². The minimum absolute atomic E-state index is 0.306. The minimum Gasteiger partial charge on any atom is -0.423 e. The van der Waals surface area contributed by atoms with Gasteiger partial charge in [0.05, 0.1) is 5.56 Å². The zero-order valence-electron chi connectivity index (χ0n) is 12.1. The minimum atomic E-state index is -0.306. The first kappa shape index (κ1) is 14.1. The summed E-state index contributed by atoms with van der Waals surface area (Å²) in [5.74, 6) is 0.256. The second-order valence-corrected chi connectivity index (χ2v) is 4.79. The van der Waals surface area contributed by atoms with Crippen molar-refractivity contribution in [3.05, 3.63) is 59.7 Å². The molecule has 2 aromatic rings. The summed E-state index contributed by atoms with van der Waals surface area (Å²) in [6.45, 7) is 2.03. The first-order valence-corrected chi connectivity index (χ1v) is 6.69. The highest BCUT2D eigenvalue weighted by atomic mass is 16.5. The smallest absolute Gasteiger partial charge is 0.343 e. The van der Waals surface area contributed by atoms with Crippen molar-refractivity contribution < 1.29 is 9.53 Å². The highest BCUT2D eigenvalue weighted by Crippen LogP contribution is 2.19. The van der Waals surface area contributed by atoms with Crippen LogP contribution in [0.25, 0.3) is 0 Å². The topological polar surface area (TPSA) is 29.5 Å². The molecule has 20 heavy (non-hydrogen) atoms. The molecule has 3 nitrogen and oxygen atoms in total. The van der Waals surface area contributed by atoms with E-state index in [4.69, 9.17) is 4.74 Å². The fourth-order valence-electron chi connectivity index (χ4n) is 2.00. The lowest BCUT2D eigenvalue weighted by Gasteiger charge is -2.13. The fourth-order valence-corrected chi connectivity index (χ4v) is 2.00. The molecule has 3 heteroatoms. The number of nitrogens with zero attached hydrogens (tertiary/aromatic N) is 1. The number of anilines is 1. The monoisotopic (exact) mass is 269 g/mol. The van der Waals surface area contributed by atoms with Gasteiger partial charge in [0, 0.05) is 19.8 Å². The maximum Gasteiger partial charge on any atom is 0.343 e. The van der Waals surface area contributed by atoms with E-state index in [0.717, 1.165) is 17.7 Å². The molecule has 0 spiro atoms. The lowest BCUT2D eigenvalue weighted by Crippen LogP contribution is -2.11. The summed E-state index contributed by atoms with van der Waals surface area (Å²) in [5, 5.41) is 0. The molecule has 0 N–H and O–H groups in total. The van der Waals surface area contributed by atoms with Gasteiger partial charge in [-0.15, -0.1) is 0 Å². The maximum atomic E-state index is 12.2. The molecule has 2 rings (SSSR count). The number of esters is 1. The normalized spacial score (nSPS) is 10.2. The standard InChI is InChI=1S/C17H19NO2/c1-4-13-7-5-6-8-16(13)17(19)20-15-11-9-14(10-12-15)18(2)3/h5-12H,4H2,1-3H3. The van der Waals surface area contributed by atoms with E-state index in [1.54, 1.807) is 6.07 Å². The summed E-state index contributed by atoms with van der Waals surface area (Å²) >= 11 is 0. The number of ether oxygens (including phenoxy) is 1. The first-order valence-electron chi connectivity index (χ1n) is 6.69. The fraction of sp³-hybridized carbons (Fsp3) is 0.235. The van der Waals surface area contributed by atoms with Gasteiger partial charge in [-0.1, -0.05) is 25.1 Å². The summed E-state index contributed by atoms with van der Waals surface area (Å²) in [5.41, 5.74) is 2.70. The number of benzene rings is 2. The zero-order chi connectivity index (χ0) is 14.5. The van der Waals surface area contributed by atoms with Crippen molar-refractivity contribution in [1.82, 2.24) is 0 Å². The summed E-state index contributed by atoms with van der Waals surface area (Å²) in [7, 11) is 3.94. The molecular formula is C17H19NO2. The molecule has 0 atom stereocenters. The van der Waals surface area contributed by atoms with Crippen molar-refractivity contribution in [2.75, 3.05) is 19.0 Å². The van der Waals surface area contributed by atoms with Crippen LogP contribution in [0.2, 0.25) is 0 Å². The van der Waals surface area contributed by atoms with Crippen molar-refractivity contribution in [2.24, 2.45) is 0 Å². The number of hydrogen-bond acceptors (Lipinski definition) is 3. The second kappa shape index (κ2) is 6.24. The Hall–Kier alpha value is -2.29. The number of hydrogen-bond donors (Lipinski definition) is 0. The van der Waals surface area contributed by atoms with E-state index in [1.807, 2.05) is 68.4 Å². The third-order valence-corrected chi connectivity index (χ3v) is 3.18. The van der Waals surface area contributed by atoms with Crippen LogP contribution in [-0.2, 0) is 6.42 Å². The third-order valence-electron chi connectivity index (χ3n) is 3.18. The van der Waals surface area contributed by atoms with Crippen LogP contribution in [0.3, 0.4) is 0 Å². The molecule has 104 valence electrons. The van der Waals surface area contributed by atoms with Crippen LogP contribution in [0.5, 0.6) is 5.75 Å². The van der Waals surface area contributed by atoms with E-state index < -0.39 is 0 Å². The van der Waals surface area contributed by atoms with Crippen LogP contribution >= 0.6 is 0 Å². The molecule has 0 aliphatic carbocycles. The number of carbonyl (C=O) groups is 1. The largest absolute Gasteiger partial charge is 0.423 e. The van der Waals surface area contributed by atoms with Crippen LogP contribution in [0, 0.1) is 0 Å². The Balaban J connectivity index is 2.15. The van der Waals surface area contributed by atoms with Gasteiger partial charge in [-0.2, -0.15) is 0 Å². The summed E-state index contributed by atoms with van der Waals surface area (Å²) in [6, 6.07) is 15.0. The molecular weight excluding hydrogens is 250 g/mol. The van der Waals surface area contributed by atoms with Gasteiger partial charge in [0.2, 0.25) is 0 Å². The van der Waals surface area contributed by atoms with Gasteiger partial charge >= 0.3 is 5.97 Å². The van der Waals surface area contributed by atoms with Gasteiger partial charge in [0.25, 0.3) is 0 Å². The molecule has 0 heterocycles. The third kappa shape index (κ3) is 3.18. The van der Waals surface area contributed by atoms with E-state index in [0.29, 0.717) is 11.3 Å². The van der Waals surface area contributed by atoms with Crippen LogP contribution in [0.4, 0.5) is 5.69 Å². The molecule has 0 aliphatic rings. The Morgan fingerprint density at radius 2 is 1.70 bits per heavy atom. The van der Waals surface area contributed by atoms with E-state index in [9.17, 15) is 4.79 Å². The molecule has 0 saturated carbocycles. The van der Waals surface area contributed by atoms with Crippen LogP contribution in [-0.4, -0.2) is 20.1 Å². The van der Waals surface area contributed by atoms with E-state index >= 15 is 0 Å². The van der Waals surface area contributed by atoms with Crippen LogP contribution in [0.1, 0.15) is 22.8 Å². The van der Waals surface area contributed by atoms with Gasteiger partial charge in [0.1, 0.15) is 5.75 Å². The number of carbonyl (C=O) groups excluding carboxylic acids is 1. The van der Waals surface area contributed by atoms with Crippen molar-refractivity contribution >= 4 is 11.7 Å². The highest BCUT2D eigenvalue weighted by molar-refractivity contribution is 5.92. The zero-order valence-corrected chi connectivity index (χ0v) is 12.1. The average Bonchev–Trinajstić information content (AvgIpc) is 2.47. The second-order valence-electron chi connectivity index (χ2n) is 4.79. The lowest BCUT2D eigenvalue weighted by atomic mass is 10.1. The summed E-state index contributed by atoms with van der Waals surface area (Å²) < 4.78 is 5.42. The van der Waals surface area contributed by atoms with Gasteiger partial charge in [0.15, 0.2) is 0 Å². The summed E-state index contributed by atoms with van der Waals surface area (Å²) in [6.07, 6.45) is 0.810. The van der Waals surface area contributed by atoms with Crippen LogP contribution in [0.15, 0.2) is 48.5 Å².